The van der Waals surface area contributed by atoms with E-state index in [1.807, 2.05) is 0 Å². The van der Waals surface area contributed by atoms with E-state index in [9.17, 15) is 14.0 Å². The quantitative estimate of drug-likeness (QED) is 0.451. The molecule has 4 aromatic rings. The Morgan fingerprint density at radius 3 is 2.71 bits per heavy atom. The molecule has 0 saturated carbocycles. The third kappa shape index (κ3) is 3.56. The Bertz CT molecular complexity index is 1450. The number of rotatable bonds is 3. The monoisotopic (exact) mass is 480 g/mol. The van der Waals surface area contributed by atoms with E-state index in [0.717, 1.165) is 35.2 Å². The van der Waals surface area contributed by atoms with Gasteiger partial charge >= 0.3 is 5.69 Å². The van der Waals surface area contributed by atoms with Gasteiger partial charge in [-0.05, 0) is 55.0 Å². The first-order valence-electron chi connectivity index (χ1n) is 11.6. The van der Waals surface area contributed by atoms with E-state index in [-0.39, 0.29) is 18.3 Å². The zero-order valence-electron chi connectivity index (χ0n) is 18.9. The number of thiophene rings is 1. The van der Waals surface area contributed by atoms with Gasteiger partial charge in [0.1, 0.15) is 23.5 Å². The smallest absolute Gasteiger partial charge is 0.365 e. The molecule has 1 fully saturated rings. The highest BCUT2D eigenvalue weighted by Gasteiger charge is 2.26. The fourth-order valence-corrected chi connectivity index (χ4v) is 6.44. The molecule has 1 aliphatic heterocycles. The van der Waals surface area contributed by atoms with Crippen LogP contribution in [0.1, 0.15) is 23.8 Å². The first kappa shape index (κ1) is 21.3. The van der Waals surface area contributed by atoms with E-state index < -0.39 is 5.69 Å². The van der Waals surface area contributed by atoms with Gasteiger partial charge in [0, 0.05) is 36.7 Å². The van der Waals surface area contributed by atoms with Gasteiger partial charge in [0.25, 0.3) is 0 Å². The number of carbonyl (C=O) groups is 1. The standard InChI is InChI=1S/C24H25FN6O2S/c1-15-2-7-18-19(12-15)34-23-21(18)22-27-24(33)30(31(22)14-26-23)13-20(32)29-10-8-28(9-11-29)17-5-3-16(25)4-6-17/h3-6,14-15H,2,7-13H2,1H3/t15-/m0/s1. The van der Waals surface area contributed by atoms with E-state index in [1.165, 1.54) is 27.3 Å². The number of nitrogens with zero attached hydrogens (tertiary/aromatic N) is 6. The zero-order valence-corrected chi connectivity index (χ0v) is 19.7. The second kappa shape index (κ2) is 8.19. The summed E-state index contributed by atoms with van der Waals surface area (Å²) in [6.45, 7) is 4.58. The van der Waals surface area contributed by atoms with Crippen molar-refractivity contribution in [1.29, 1.82) is 0 Å². The average Bonchev–Trinajstić information content (AvgIpc) is 3.36. The lowest BCUT2D eigenvalue weighted by atomic mass is 9.89. The van der Waals surface area contributed by atoms with Crippen LogP contribution in [-0.2, 0) is 24.2 Å². The number of piperazine rings is 1. The van der Waals surface area contributed by atoms with E-state index >= 15 is 0 Å². The highest BCUT2D eigenvalue weighted by molar-refractivity contribution is 7.19. The van der Waals surface area contributed by atoms with E-state index in [1.54, 1.807) is 39.2 Å². The topological polar surface area (TPSA) is 75.7 Å². The van der Waals surface area contributed by atoms with E-state index in [4.69, 9.17) is 0 Å². The number of amides is 1. The molecule has 4 heterocycles. The Morgan fingerprint density at radius 1 is 1.18 bits per heavy atom. The Kier molecular flexibility index (Phi) is 5.13. The van der Waals surface area contributed by atoms with Crippen LogP contribution in [0.15, 0.2) is 35.4 Å². The van der Waals surface area contributed by atoms with Crippen LogP contribution in [0, 0.1) is 11.7 Å². The van der Waals surface area contributed by atoms with Crippen LogP contribution in [-0.4, -0.2) is 56.2 Å². The van der Waals surface area contributed by atoms with Crippen LogP contribution in [0.25, 0.3) is 15.9 Å². The summed E-state index contributed by atoms with van der Waals surface area (Å²) in [4.78, 5) is 41.0. The fraction of sp³-hybridized carbons (Fsp3) is 0.417. The molecule has 1 saturated heterocycles. The Hall–Kier alpha value is -3.27. The van der Waals surface area contributed by atoms with E-state index in [0.29, 0.717) is 37.7 Å². The number of halogens is 1. The van der Waals surface area contributed by atoms with Crippen LogP contribution in [0.4, 0.5) is 10.1 Å². The van der Waals surface area contributed by atoms with Crippen molar-refractivity contribution in [3.8, 4) is 0 Å². The highest BCUT2D eigenvalue weighted by Crippen LogP contribution is 2.38. The van der Waals surface area contributed by atoms with Crippen molar-refractivity contribution >= 4 is 38.8 Å². The molecular weight excluding hydrogens is 455 g/mol. The van der Waals surface area contributed by atoms with Gasteiger partial charge in [-0.3, -0.25) is 4.79 Å². The third-order valence-corrected chi connectivity index (χ3v) is 8.17. The molecule has 0 unspecified atom stereocenters. The maximum Gasteiger partial charge on any atom is 0.365 e. The first-order chi connectivity index (χ1) is 16.5. The number of carbonyl (C=O) groups excluding carboxylic acids is 1. The molecule has 0 radical (unpaired) electrons. The van der Waals surface area contributed by atoms with Gasteiger partial charge < -0.3 is 9.80 Å². The fourth-order valence-electron chi connectivity index (χ4n) is 5.10. The third-order valence-electron chi connectivity index (χ3n) is 7.01. The van der Waals surface area contributed by atoms with Crippen molar-refractivity contribution < 1.29 is 9.18 Å². The van der Waals surface area contributed by atoms with Gasteiger partial charge in [0.15, 0.2) is 5.65 Å². The number of aromatic nitrogens is 4. The van der Waals surface area contributed by atoms with Crippen LogP contribution in [0.5, 0.6) is 0 Å². The van der Waals surface area contributed by atoms with Crippen molar-refractivity contribution in [2.45, 2.75) is 32.7 Å². The summed E-state index contributed by atoms with van der Waals surface area (Å²) in [6.07, 6.45) is 4.73. The number of hydrogen-bond donors (Lipinski definition) is 0. The largest absolute Gasteiger partial charge is 0.368 e. The minimum Gasteiger partial charge on any atom is -0.368 e. The van der Waals surface area contributed by atoms with Gasteiger partial charge in [-0.2, -0.15) is 4.98 Å². The lowest BCUT2D eigenvalue weighted by Crippen LogP contribution is -2.50. The van der Waals surface area contributed by atoms with Crippen molar-refractivity contribution in [2.75, 3.05) is 31.1 Å². The molecule has 3 aromatic heterocycles. The van der Waals surface area contributed by atoms with Crippen LogP contribution in [0.2, 0.25) is 0 Å². The molecule has 6 rings (SSSR count). The van der Waals surface area contributed by atoms with Gasteiger partial charge in [0.05, 0.1) is 5.39 Å². The summed E-state index contributed by atoms with van der Waals surface area (Å²) in [6, 6.07) is 6.39. The first-order valence-corrected chi connectivity index (χ1v) is 12.5. The number of hydrogen-bond acceptors (Lipinski definition) is 6. The van der Waals surface area contributed by atoms with Crippen LogP contribution in [0.3, 0.4) is 0 Å². The summed E-state index contributed by atoms with van der Waals surface area (Å²) in [5.74, 6) is 0.265. The highest BCUT2D eigenvalue weighted by atomic mass is 32.1. The minimum atomic E-state index is -0.434. The number of anilines is 1. The van der Waals surface area contributed by atoms with Gasteiger partial charge in [-0.1, -0.05) is 6.92 Å². The SMILES string of the molecule is C[C@H]1CCc2c(sc3ncn4c(nc(=O)n4CC(=O)N4CCN(c5ccc(F)cc5)CC4)c23)C1. The Labute approximate surface area is 199 Å². The predicted molar refractivity (Wildman–Crippen MR) is 129 cm³/mol. The zero-order chi connectivity index (χ0) is 23.4. The number of fused-ring (bicyclic) bond motifs is 5. The van der Waals surface area contributed by atoms with Crippen LogP contribution >= 0.6 is 11.3 Å². The minimum absolute atomic E-state index is 0.0763. The number of aryl methyl sites for hydroxylation is 1. The lowest BCUT2D eigenvalue weighted by Gasteiger charge is -2.36. The predicted octanol–water partition coefficient (Wildman–Crippen LogP) is 2.72. The summed E-state index contributed by atoms with van der Waals surface area (Å²) in [5.41, 5.74) is 2.36. The molecule has 10 heteroatoms. The van der Waals surface area contributed by atoms with Gasteiger partial charge in [-0.15, -0.1) is 11.3 Å². The summed E-state index contributed by atoms with van der Waals surface area (Å²) in [5, 5.41) is 0.964. The maximum absolute atomic E-state index is 13.2. The molecule has 1 aliphatic carbocycles. The second-order valence-electron chi connectivity index (χ2n) is 9.24. The Morgan fingerprint density at radius 2 is 1.94 bits per heavy atom. The summed E-state index contributed by atoms with van der Waals surface area (Å²) >= 11 is 1.69. The molecule has 176 valence electrons. The van der Waals surface area contributed by atoms with Crippen LogP contribution < -0.4 is 10.6 Å². The molecule has 1 atom stereocenters. The molecule has 2 aliphatic rings. The molecule has 0 spiro atoms. The van der Waals surface area contributed by atoms with E-state index in [2.05, 4.69) is 21.8 Å². The molecule has 8 nitrogen and oxygen atoms in total. The Balaban J connectivity index is 1.23. The lowest BCUT2D eigenvalue weighted by molar-refractivity contribution is -0.132. The number of benzene rings is 1. The molecule has 0 N–H and O–H groups in total. The van der Waals surface area contributed by atoms with Gasteiger partial charge in [-0.25, -0.2) is 23.4 Å². The molecule has 1 aromatic carbocycles. The normalized spacial score (nSPS) is 18.6. The second-order valence-corrected chi connectivity index (χ2v) is 10.3. The summed E-state index contributed by atoms with van der Waals surface area (Å²) < 4.78 is 16.2. The van der Waals surface area contributed by atoms with Crippen molar-refractivity contribution in [2.24, 2.45) is 5.92 Å². The average molecular weight is 481 g/mol. The summed E-state index contributed by atoms with van der Waals surface area (Å²) in [7, 11) is 0. The molecule has 0 bridgehead atoms. The van der Waals surface area contributed by atoms with Crippen molar-refractivity contribution in [3.05, 3.63) is 57.3 Å². The maximum atomic E-state index is 13.2. The van der Waals surface area contributed by atoms with Gasteiger partial charge in [0.2, 0.25) is 5.91 Å². The molecule has 34 heavy (non-hydrogen) atoms. The van der Waals surface area contributed by atoms with Crippen molar-refractivity contribution in [3.63, 3.8) is 0 Å². The van der Waals surface area contributed by atoms with Crippen molar-refractivity contribution in [1.82, 2.24) is 24.1 Å². The molecular formula is C24H25FN6O2S. The molecule has 1 amide bonds.